The van der Waals surface area contributed by atoms with Crippen molar-refractivity contribution in [2.24, 2.45) is 0 Å². The lowest BCUT2D eigenvalue weighted by molar-refractivity contribution is -0.137. The van der Waals surface area contributed by atoms with Crippen molar-refractivity contribution < 1.29 is 13.2 Å². The van der Waals surface area contributed by atoms with E-state index in [2.05, 4.69) is 10.1 Å². The molecule has 0 aliphatic heterocycles. The Bertz CT molecular complexity index is 836. The smallest absolute Gasteiger partial charge is 0.378 e. The summed E-state index contributed by atoms with van der Waals surface area (Å²) in [5, 5.41) is 3.99. The molecule has 0 radical (unpaired) electrons. The van der Waals surface area contributed by atoms with E-state index in [1.807, 2.05) is 43.3 Å². The maximum atomic E-state index is 13.2. The molecule has 1 aromatic heterocycles. The number of halogens is 3. The number of aromatic nitrogens is 3. The molecule has 3 rings (SSSR count). The van der Waals surface area contributed by atoms with Gasteiger partial charge in [-0.1, -0.05) is 12.1 Å². The van der Waals surface area contributed by atoms with Gasteiger partial charge < -0.3 is 4.90 Å². The molecule has 2 aromatic carbocycles. The number of hydrogen-bond donors (Lipinski definition) is 0. The second-order valence-corrected chi connectivity index (χ2v) is 5.45. The van der Waals surface area contributed by atoms with Gasteiger partial charge in [0.2, 0.25) is 0 Å². The molecule has 0 atom stereocenters. The van der Waals surface area contributed by atoms with Gasteiger partial charge in [-0.05, 0) is 36.4 Å². The molecule has 0 fully saturated rings. The molecule has 1 heterocycles. The molecule has 0 saturated carbocycles. The van der Waals surface area contributed by atoms with Crippen LogP contribution in [-0.2, 0) is 6.18 Å². The van der Waals surface area contributed by atoms with Crippen molar-refractivity contribution in [1.82, 2.24) is 14.8 Å². The lowest BCUT2D eigenvalue weighted by Gasteiger charge is -2.15. The van der Waals surface area contributed by atoms with Gasteiger partial charge in [-0.3, -0.25) is 0 Å². The summed E-state index contributed by atoms with van der Waals surface area (Å²) in [5.74, 6) is 0.358. The Kier molecular flexibility index (Phi) is 4.01. The summed E-state index contributed by atoms with van der Waals surface area (Å²) in [6, 6.07) is 12.7. The van der Waals surface area contributed by atoms with E-state index in [1.165, 1.54) is 23.1 Å². The second kappa shape index (κ2) is 5.99. The van der Waals surface area contributed by atoms with Gasteiger partial charge in [0, 0.05) is 25.3 Å². The minimum atomic E-state index is -4.46. The topological polar surface area (TPSA) is 34.0 Å². The highest BCUT2D eigenvalue weighted by atomic mass is 19.4. The summed E-state index contributed by atoms with van der Waals surface area (Å²) >= 11 is 0. The third kappa shape index (κ3) is 2.97. The highest BCUT2D eigenvalue weighted by molar-refractivity contribution is 5.62. The van der Waals surface area contributed by atoms with Gasteiger partial charge in [-0.15, -0.1) is 0 Å². The van der Waals surface area contributed by atoms with E-state index < -0.39 is 11.7 Å². The quantitative estimate of drug-likeness (QED) is 0.726. The highest BCUT2D eigenvalue weighted by Crippen LogP contribution is 2.34. The molecule has 0 spiro atoms. The molecule has 4 nitrogen and oxygen atoms in total. The molecule has 24 heavy (non-hydrogen) atoms. The highest BCUT2D eigenvalue weighted by Gasteiger charge is 2.34. The predicted octanol–water partition coefficient (Wildman–Crippen LogP) is 4.02. The first kappa shape index (κ1) is 16.0. The SMILES string of the molecule is CN(C)c1ccc(-c2ncnn2-c2ccccc2C(F)(F)F)cc1. The summed E-state index contributed by atoms with van der Waals surface area (Å²) in [7, 11) is 3.83. The molecule has 124 valence electrons. The Balaban J connectivity index is 2.09. The Morgan fingerprint density at radius 1 is 0.958 bits per heavy atom. The summed E-state index contributed by atoms with van der Waals surface area (Å²) in [6.07, 6.45) is -3.21. The lowest BCUT2D eigenvalue weighted by atomic mass is 10.1. The summed E-state index contributed by atoms with van der Waals surface area (Å²) in [4.78, 5) is 6.07. The molecule has 0 saturated heterocycles. The molecule has 0 aliphatic rings. The molecule has 0 aliphatic carbocycles. The minimum absolute atomic E-state index is 0.0470. The standard InChI is InChI=1S/C17H15F3N4/c1-23(2)13-9-7-12(8-10-13)16-21-11-22-24(16)15-6-4-3-5-14(15)17(18,19)20/h3-11H,1-2H3. The average molecular weight is 332 g/mol. The maximum absolute atomic E-state index is 13.2. The van der Waals surface area contributed by atoms with Crippen molar-refractivity contribution in [2.45, 2.75) is 6.18 Å². The Morgan fingerprint density at radius 3 is 2.25 bits per heavy atom. The van der Waals surface area contributed by atoms with Crippen molar-refractivity contribution in [2.75, 3.05) is 19.0 Å². The number of rotatable bonds is 3. The first-order chi connectivity index (χ1) is 11.4. The minimum Gasteiger partial charge on any atom is -0.378 e. The van der Waals surface area contributed by atoms with E-state index in [0.29, 0.717) is 11.4 Å². The first-order valence-corrected chi connectivity index (χ1v) is 7.22. The van der Waals surface area contributed by atoms with Gasteiger partial charge in [-0.25, -0.2) is 9.67 Å². The third-order valence-corrected chi connectivity index (χ3v) is 3.63. The van der Waals surface area contributed by atoms with Crippen molar-refractivity contribution in [1.29, 1.82) is 0 Å². The average Bonchev–Trinajstić information content (AvgIpc) is 3.03. The second-order valence-electron chi connectivity index (χ2n) is 5.45. The monoisotopic (exact) mass is 332 g/mol. The predicted molar refractivity (Wildman–Crippen MR) is 86.1 cm³/mol. The van der Waals surface area contributed by atoms with Crippen molar-refractivity contribution in [3.05, 3.63) is 60.4 Å². The molecule has 3 aromatic rings. The van der Waals surface area contributed by atoms with Crippen molar-refractivity contribution in [3.8, 4) is 17.1 Å². The van der Waals surface area contributed by atoms with Crippen LogP contribution in [0.15, 0.2) is 54.9 Å². The number of benzene rings is 2. The van der Waals surface area contributed by atoms with E-state index >= 15 is 0 Å². The molecule has 0 unspecified atom stereocenters. The fourth-order valence-electron chi connectivity index (χ4n) is 2.42. The fraction of sp³-hybridized carbons (Fsp3) is 0.176. The van der Waals surface area contributed by atoms with Gasteiger partial charge in [0.05, 0.1) is 11.3 Å². The van der Waals surface area contributed by atoms with Gasteiger partial charge in [-0.2, -0.15) is 18.3 Å². The van der Waals surface area contributed by atoms with Crippen molar-refractivity contribution in [3.63, 3.8) is 0 Å². The molecule has 0 amide bonds. The summed E-state index contributed by atoms with van der Waals surface area (Å²) < 4.78 is 41.0. The van der Waals surface area contributed by atoms with Crippen LogP contribution in [-0.4, -0.2) is 28.9 Å². The van der Waals surface area contributed by atoms with Crippen LogP contribution in [0, 0.1) is 0 Å². The number of para-hydroxylation sites is 1. The number of nitrogens with zero attached hydrogens (tertiary/aromatic N) is 4. The van der Waals surface area contributed by atoms with Crippen LogP contribution in [0.25, 0.3) is 17.1 Å². The lowest BCUT2D eigenvalue weighted by Crippen LogP contribution is -2.12. The van der Waals surface area contributed by atoms with Crippen LogP contribution in [0.2, 0.25) is 0 Å². The zero-order chi connectivity index (χ0) is 17.3. The molecule has 7 heteroatoms. The van der Waals surface area contributed by atoms with Crippen LogP contribution >= 0.6 is 0 Å². The van der Waals surface area contributed by atoms with Gasteiger partial charge >= 0.3 is 6.18 Å². The van der Waals surface area contributed by atoms with Crippen LogP contribution in [0.4, 0.5) is 18.9 Å². The van der Waals surface area contributed by atoms with Crippen LogP contribution in [0.5, 0.6) is 0 Å². The molecular formula is C17H15F3N4. The zero-order valence-electron chi connectivity index (χ0n) is 13.1. The van der Waals surface area contributed by atoms with E-state index in [1.54, 1.807) is 6.07 Å². The largest absolute Gasteiger partial charge is 0.418 e. The zero-order valence-corrected chi connectivity index (χ0v) is 13.1. The van der Waals surface area contributed by atoms with Gasteiger partial charge in [0.1, 0.15) is 6.33 Å². The first-order valence-electron chi connectivity index (χ1n) is 7.22. The van der Waals surface area contributed by atoms with E-state index in [9.17, 15) is 13.2 Å². The Labute approximate surface area is 137 Å². The van der Waals surface area contributed by atoms with Crippen molar-refractivity contribution >= 4 is 5.69 Å². The fourth-order valence-corrected chi connectivity index (χ4v) is 2.42. The maximum Gasteiger partial charge on any atom is 0.418 e. The van der Waals surface area contributed by atoms with Crippen LogP contribution in [0.3, 0.4) is 0 Å². The number of anilines is 1. The van der Waals surface area contributed by atoms with E-state index in [-0.39, 0.29) is 5.69 Å². The third-order valence-electron chi connectivity index (χ3n) is 3.63. The summed E-state index contributed by atoms with van der Waals surface area (Å²) in [5.41, 5.74) is 0.881. The van der Waals surface area contributed by atoms with E-state index in [0.717, 1.165) is 11.8 Å². The van der Waals surface area contributed by atoms with Crippen LogP contribution < -0.4 is 4.90 Å². The summed E-state index contributed by atoms with van der Waals surface area (Å²) in [6.45, 7) is 0. The van der Waals surface area contributed by atoms with Crippen LogP contribution in [0.1, 0.15) is 5.56 Å². The number of alkyl halides is 3. The molecule has 0 bridgehead atoms. The van der Waals surface area contributed by atoms with Gasteiger partial charge in [0.15, 0.2) is 5.82 Å². The number of hydrogen-bond acceptors (Lipinski definition) is 3. The molecule has 0 N–H and O–H groups in total. The molecular weight excluding hydrogens is 317 g/mol. The Hall–Kier alpha value is -2.83. The van der Waals surface area contributed by atoms with E-state index in [4.69, 9.17) is 0 Å². The van der Waals surface area contributed by atoms with Gasteiger partial charge in [0.25, 0.3) is 0 Å². The normalized spacial score (nSPS) is 11.5. The Morgan fingerprint density at radius 2 is 1.62 bits per heavy atom.